The van der Waals surface area contributed by atoms with Crippen LogP contribution in [0.1, 0.15) is 111 Å². The van der Waals surface area contributed by atoms with Crippen LogP contribution in [0.25, 0.3) is 0 Å². The van der Waals surface area contributed by atoms with E-state index in [1.807, 2.05) is 74.5 Å². The lowest BCUT2D eigenvalue weighted by Crippen LogP contribution is -2.72. The summed E-state index contributed by atoms with van der Waals surface area (Å²) < 4.78 is 26.5. The van der Waals surface area contributed by atoms with Gasteiger partial charge in [-0.05, 0) is 81.6 Å². The largest absolute Gasteiger partial charge is 0.477 e. The first kappa shape index (κ1) is 34.4. The molecular formula is C40H48O7. The minimum Gasteiger partial charge on any atom is -0.477 e. The fraction of sp³-hybridized carbons (Fsp3) is 0.525. The van der Waals surface area contributed by atoms with Gasteiger partial charge in [0.2, 0.25) is 0 Å². The average Bonchev–Trinajstić information content (AvgIpc) is 3.12. The highest BCUT2D eigenvalue weighted by Gasteiger charge is 2.81. The Kier molecular flexibility index (Phi) is 8.77. The van der Waals surface area contributed by atoms with Gasteiger partial charge in [0.25, 0.3) is 0 Å². The smallest absolute Gasteiger partial charge is 0.308 e. The SMILES string of the molecule is C#CC(C)(CCC=C(C)C)Oc1cc(OC(C)=O)c2c(c1CC=C(C)C)O[C@]13C(=C[C@@H]4C[C@H]1C(C)(C)O[C@@]3(CC=C(C)C)C4=O)C2=O. The van der Waals surface area contributed by atoms with Crippen molar-refractivity contribution >= 4 is 17.5 Å². The Hall–Kier alpha value is -3.89. The van der Waals surface area contributed by atoms with Crippen molar-refractivity contribution in [2.24, 2.45) is 11.8 Å². The molecule has 0 N–H and O–H groups in total. The van der Waals surface area contributed by atoms with Crippen LogP contribution in [-0.2, 0) is 20.7 Å². The Morgan fingerprint density at radius 3 is 2.30 bits per heavy atom. The zero-order valence-corrected chi connectivity index (χ0v) is 29.5. The summed E-state index contributed by atoms with van der Waals surface area (Å²) >= 11 is 0. The van der Waals surface area contributed by atoms with Crippen LogP contribution in [0, 0.1) is 24.2 Å². The summed E-state index contributed by atoms with van der Waals surface area (Å²) in [5, 5.41) is 0. The molecule has 5 atom stereocenters. The minimum atomic E-state index is -1.41. The third kappa shape index (κ3) is 5.59. The molecule has 0 aromatic heterocycles. The second-order valence-corrected chi connectivity index (χ2v) is 15.0. The standard InChI is InChI=1S/C40H48O7/c1-12-38(11,18-13-14-23(2)3)45-30-22-31(44-26(8)41)33-34(42)29-20-27-21-32-37(9,10)47-39(36(27)43,19-17-25(6)7)40(29,32)46-35(33)28(30)16-15-24(4)5/h1,14-15,17,20,22,27,32H,13,16,18-19,21H2,2-11H3/t27-,32+,38?,39+,40-/m1/s1. The summed E-state index contributed by atoms with van der Waals surface area (Å²) in [6.07, 6.45) is 16.3. The van der Waals surface area contributed by atoms with Gasteiger partial charge < -0.3 is 18.9 Å². The van der Waals surface area contributed by atoms with Crippen molar-refractivity contribution < 1.29 is 33.3 Å². The van der Waals surface area contributed by atoms with E-state index < -0.39 is 34.3 Å². The maximum absolute atomic E-state index is 14.9. The van der Waals surface area contributed by atoms with Gasteiger partial charge in [0.05, 0.1) is 5.60 Å². The zero-order valence-electron chi connectivity index (χ0n) is 29.5. The fourth-order valence-electron chi connectivity index (χ4n) is 7.81. The van der Waals surface area contributed by atoms with Crippen LogP contribution in [-0.4, -0.2) is 39.9 Å². The number of rotatable bonds is 10. The monoisotopic (exact) mass is 640 g/mol. The number of ketones is 2. The quantitative estimate of drug-likeness (QED) is 0.111. The van der Waals surface area contributed by atoms with Crippen molar-refractivity contribution in [1.82, 2.24) is 0 Å². The highest BCUT2D eigenvalue weighted by Crippen LogP contribution is 2.68. The Balaban J connectivity index is 1.80. The van der Waals surface area contributed by atoms with Crippen LogP contribution in [0.15, 0.2) is 52.7 Å². The van der Waals surface area contributed by atoms with E-state index in [4.69, 9.17) is 25.4 Å². The number of hydrogen-bond acceptors (Lipinski definition) is 7. The molecule has 250 valence electrons. The number of carbonyl (C=O) groups excluding carboxylic acids is 3. The van der Waals surface area contributed by atoms with Crippen LogP contribution < -0.4 is 14.2 Å². The summed E-state index contributed by atoms with van der Waals surface area (Å²) in [5.41, 5.74) is -0.207. The maximum atomic E-state index is 14.9. The number of benzene rings is 1. The van der Waals surface area contributed by atoms with E-state index in [1.165, 1.54) is 12.5 Å². The Morgan fingerprint density at radius 1 is 1.04 bits per heavy atom. The van der Waals surface area contributed by atoms with E-state index >= 15 is 0 Å². The maximum Gasteiger partial charge on any atom is 0.308 e. The number of esters is 1. The first-order valence-corrected chi connectivity index (χ1v) is 16.6. The molecule has 7 nitrogen and oxygen atoms in total. The molecule has 7 heteroatoms. The van der Waals surface area contributed by atoms with Crippen molar-refractivity contribution in [1.29, 1.82) is 0 Å². The second kappa shape index (κ2) is 12.0. The van der Waals surface area contributed by atoms with E-state index in [9.17, 15) is 14.4 Å². The summed E-state index contributed by atoms with van der Waals surface area (Å²) in [7, 11) is 0. The molecule has 1 aromatic carbocycles. The number of allylic oxidation sites excluding steroid dienone is 6. The van der Waals surface area contributed by atoms with Gasteiger partial charge in [0, 0.05) is 48.8 Å². The van der Waals surface area contributed by atoms with Gasteiger partial charge in [0.1, 0.15) is 22.8 Å². The molecule has 4 bridgehead atoms. The molecule has 5 aliphatic rings. The summed E-state index contributed by atoms with van der Waals surface area (Å²) in [6.45, 7) is 19.1. The molecule has 2 aliphatic heterocycles. The summed E-state index contributed by atoms with van der Waals surface area (Å²) in [5.74, 6) is 1.67. The van der Waals surface area contributed by atoms with Crippen LogP contribution >= 0.6 is 0 Å². The van der Waals surface area contributed by atoms with E-state index in [2.05, 4.69) is 12.0 Å². The number of carbonyl (C=O) groups is 3. The molecule has 2 fully saturated rings. The first-order valence-electron chi connectivity index (χ1n) is 16.6. The van der Waals surface area contributed by atoms with Crippen LogP contribution in [0.2, 0.25) is 0 Å². The van der Waals surface area contributed by atoms with Gasteiger partial charge >= 0.3 is 5.97 Å². The molecule has 0 radical (unpaired) electrons. The summed E-state index contributed by atoms with van der Waals surface area (Å²) in [6, 6.07) is 1.59. The Morgan fingerprint density at radius 2 is 1.70 bits per heavy atom. The van der Waals surface area contributed by atoms with Crippen molar-refractivity contribution in [3.05, 3.63) is 63.8 Å². The van der Waals surface area contributed by atoms with E-state index in [0.29, 0.717) is 42.6 Å². The molecule has 1 unspecified atom stereocenters. The third-order valence-electron chi connectivity index (χ3n) is 9.98. The molecule has 2 heterocycles. The van der Waals surface area contributed by atoms with Gasteiger partial charge in [-0.15, -0.1) is 6.42 Å². The average molecular weight is 641 g/mol. The van der Waals surface area contributed by atoms with Crippen molar-refractivity contribution in [3.8, 4) is 29.6 Å². The predicted octanol–water partition coefficient (Wildman–Crippen LogP) is 8.00. The van der Waals surface area contributed by atoms with Crippen molar-refractivity contribution in [3.63, 3.8) is 0 Å². The van der Waals surface area contributed by atoms with Crippen LogP contribution in [0.3, 0.4) is 0 Å². The molecule has 1 aromatic rings. The van der Waals surface area contributed by atoms with E-state index in [0.717, 1.165) is 11.1 Å². The highest BCUT2D eigenvalue weighted by atomic mass is 16.6. The van der Waals surface area contributed by atoms with E-state index in [1.54, 1.807) is 12.1 Å². The normalized spacial score (nSPS) is 27.2. The number of hydrogen-bond donors (Lipinski definition) is 0. The summed E-state index contributed by atoms with van der Waals surface area (Å²) in [4.78, 5) is 41.7. The lowest BCUT2D eigenvalue weighted by Gasteiger charge is -2.56. The lowest BCUT2D eigenvalue weighted by atomic mass is 9.51. The molecule has 47 heavy (non-hydrogen) atoms. The Bertz CT molecular complexity index is 1700. The van der Waals surface area contributed by atoms with Crippen molar-refractivity contribution in [2.75, 3.05) is 0 Å². The predicted molar refractivity (Wildman–Crippen MR) is 182 cm³/mol. The second-order valence-electron chi connectivity index (χ2n) is 15.0. The van der Waals surface area contributed by atoms with Gasteiger partial charge in [0.15, 0.2) is 28.4 Å². The third-order valence-corrected chi connectivity index (χ3v) is 9.98. The molecule has 6 rings (SSSR count). The molecular weight excluding hydrogens is 592 g/mol. The van der Waals surface area contributed by atoms with Gasteiger partial charge in [-0.1, -0.05) is 46.9 Å². The zero-order chi connectivity index (χ0) is 34.7. The fourth-order valence-corrected chi connectivity index (χ4v) is 7.81. The van der Waals surface area contributed by atoms with Gasteiger partial charge in [-0.25, -0.2) is 0 Å². The van der Waals surface area contributed by atoms with Crippen LogP contribution in [0.4, 0.5) is 0 Å². The molecule has 0 amide bonds. The molecule has 3 aliphatic carbocycles. The number of fused-ring (bicyclic) bond motifs is 1. The van der Waals surface area contributed by atoms with Gasteiger partial charge in [-0.3, -0.25) is 14.4 Å². The van der Waals surface area contributed by atoms with E-state index in [-0.39, 0.29) is 41.0 Å². The molecule has 1 saturated heterocycles. The van der Waals surface area contributed by atoms with Gasteiger partial charge in [-0.2, -0.15) is 0 Å². The van der Waals surface area contributed by atoms with Crippen LogP contribution in [0.5, 0.6) is 17.2 Å². The number of ether oxygens (including phenoxy) is 4. The first-order chi connectivity index (χ1) is 21.9. The topological polar surface area (TPSA) is 88.1 Å². The molecule has 1 spiro atoms. The number of terminal acetylenes is 1. The van der Waals surface area contributed by atoms with Crippen molar-refractivity contribution in [2.45, 2.75) is 124 Å². The Labute approximate surface area is 279 Å². The highest BCUT2D eigenvalue weighted by molar-refractivity contribution is 6.18. The minimum absolute atomic E-state index is 0.0338. The lowest BCUT2D eigenvalue weighted by molar-refractivity contribution is -0.171. The molecule has 1 saturated carbocycles. The number of Topliss-reactive ketones (excluding diaryl/α,β-unsaturated/α-hetero) is 2.